The average Bonchev–Trinajstić information content (AvgIpc) is 2.79. The number of halogens is 3. The number of hydrogen-bond donors (Lipinski definition) is 0. The van der Waals surface area contributed by atoms with Gasteiger partial charge in [0.1, 0.15) is 6.17 Å². The van der Waals surface area contributed by atoms with Crippen LogP contribution in [0.2, 0.25) is 5.02 Å². The Hall–Kier alpha value is -1.63. The van der Waals surface area contributed by atoms with Crippen LogP contribution in [-0.2, 0) is 9.47 Å². The minimum Gasteiger partial charge on any atom is -0.430 e. The minimum absolute atomic E-state index is 0.268. The summed E-state index contributed by atoms with van der Waals surface area (Å²) in [7, 11) is 0. The molecule has 0 bridgehead atoms. The molecule has 0 spiro atoms. The zero-order valence-electron chi connectivity index (χ0n) is 13.6. The molecular formula is C16H17Cl3N2O4. The van der Waals surface area contributed by atoms with Gasteiger partial charge in [0, 0.05) is 11.4 Å². The number of hydrogen-bond acceptors (Lipinski definition) is 4. The van der Waals surface area contributed by atoms with Gasteiger partial charge < -0.3 is 9.47 Å². The van der Waals surface area contributed by atoms with Crippen LogP contribution in [0.3, 0.4) is 0 Å². The van der Waals surface area contributed by atoms with Gasteiger partial charge in [-0.25, -0.2) is 9.59 Å². The van der Waals surface area contributed by atoms with Crippen molar-refractivity contribution < 1.29 is 19.1 Å². The van der Waals surface area contributed by atoms with Crippen LogP contribution in [-0.4, -0.2) is 29.5 Å². The molecule has 0 saturated heterocycles. The summed E-state index contributed by atoms with van der Waals surface area (Å²) in [6.45, 7) is 6.71. The van der Waals surface area contributed by atoms with Crippen molar-refractivity contribution in [3.8, 4) is 0 Å². The van der Waals surface area contributed by atoms with E-state index in [2.05, 4.69) is 6.58 Å². The lowest BCUT2D eigenvalue weighted by Gasteiger charge is -2.29. The molecule has 3 atom stereocenters. The van der Waals surface area contributed by atoms with Crippen molar-refractivity contribution in [1.29, 1.82) is 0 Å². The summed E-state index contributed by atoms with van der Waals surface area (Å²) < 4.78 is 10.2. The monoisotopic (exact) mass is 406 g/mol. The Kier molecular flexibility index (Phi) is 6.43. The first kappa shape index (κ1) is 19.7. The molecule has 0 N–H and O–H groups in total. The number of carbonyl (C=O) groups is 2. The van der Waals surface area contributed by atoms with E-state index in [4.69, 9.17) is 44.3 Å². The molecular weight excluding hydrogens is 391 g/mol. The Balaban J connectivity index is 2.51. The van der Waals surface area contributed by atoms with Crippen LogP contribution in [0.25, 0.3) is 0 Å². The van der Waals surface area contributed by atoms with Gasteiger partial charge in [-0.15, -0.1) is 6.58 Å². The van der Waals surface area contributed by atoms with Crippen LogP contribution in [0.4, 0.5) is 21.0 Å². The number of anilines is 2. The lowest BCUT2D eigenvalue weighted by atomic mass is 10.2. The summed E-state index contributed by atoms with van der Waals surface area (Å²) in [4.78, 5) is 27.7. The second-order valence-electron chi connectivity index (χ2n) is 5.23. The third-order valence-electron chi connectivity index (χ3n) is 3.35. The summed E-state index contributed by atoms with van der Waals surface area (Å²) >= 11 is 17.6. The summed E-state index contributed by atoms with van der Waals surface area (Å²) in [5.74, 6) is 0. The molecule has 6 nitrogen and oxygen atoms in total. The van der Waals surface area contributed by atoms with Gasteiger partial charge in [-0.3, -0.25) is 9.80 Å². The summed E-state index contributed by atoms with van der Waals surface area (Å²) in [6, 6.07) is 4.78. The third kappa shape index (κ3) is 4.32. The Bertz CT molecular complexity index is 681. The highest BCUT2D eigenvalue weighted by Gasteiger charge is 2.44. The van der Waals surface area contributed by atoms with E-state index < -0.39 is 29.5 Å². The van der Waals surface area contributed by atoms with Crippen LogP contribution >= 0.6 is 34.8 Å². The first-order valence-electron chi connectivity index (χ1n) is 7.44. The normalized spacial score (nSPS) is 18.4. The molecule has 1 aromatic rings. The fourth-order valence-corrected chi connectivity index (χ4v) is 2.84. The molecule has 0 radical (unpaired) electrons. The summed E-state index contributed by atoms with van der Waals surface area (Å²) in [5, 5.41) is 0.397. The maximum absolute atomic E-state index is 12.5. The van der Waals surface area contributed by atoms with Crippen LogP contribution in [0.15, 0.2) is 30.9 Å². The van der Waals surface area contributed by atoms with Crippen LogP contribution in [0.5, 0.6) is 0 Å². The summed E-state index contributed by atoms with van der Waals surface area (Å²) in [6.07, 6.45) is -0.312. The van der Waals surface area contributed by atoms with E-state index in [-0.39, 0.29) is 6.42 Å². The molecule has 3 unspecified atom stereocenters. The molecule has 0 saturated carbocycles. The predicted octanol–water partition coefficient (Wildman–Crippen LogP) is 5.31. The molecule has 0 fully saturated rings. The van der Waals surface area contributed by atoms with E-state index in [1.165, 1.54) is 23.6 Å². The van der Waals surface area contributed by atoms with E-state index in [0.717, 1.165) is 0 Å². The van der Waals surface area contributed by atoms with Gasteiger partial charge >= 0.3 is 12.2 Å². The second-order valence-corrected chi connectivity index (χ2v) is 6.90. The molecule has 136 valence electrons. The molecule has 0 aliphatic carbocycles. The van der Waals surface area contributed by atoms with Crippen molar-refractivity contribution in [2.24, 2.45) is 0 Å². The Morgan fingerprint density at radius 3 is 2.16 bits per heavy atom. The van der Waals surface area contributed by atoms with Crippen molar-refractivity contribution in [3.63, 3.8) is 0 Å². The molecule has 1 aromatic carbocycles. The number of carbonyl (C=O) groups excluding carboxylic acids is 2. The van der Waals surface area contributed by atoms with Gasteiger partial charge in [-0.1, -0.05) is 40.9 Å². The molecule has 25 heavy (non-hydrogen) atoms. The van der Waals surface area contributed by atoms with Gasteiger partial charge in [0.05, 0.1) is 11.4 Å². The van der Waals surface area contributed by atoms with Gasteiger partial charge in [0.2, 0.25) is 0 Å². The molecule has 1 heterocycles. The van der Waals surface area contributed by atoms with Gasteiger partial charge in [-0.2, -0.15) is 0 Å². The number of amides is 2. The first-order chi connectivity index (χ1) is 11.8. The Morgan fingerprint density at radius 2 is 1.68 bits per heavy atom. The van der Waals surface area contributed by atoms with Crippen LogP contribution in [0, 0.1) is 0 Å². The first-order valence-corrected chi connectivity index (χ1v) is 8.69. The molecule has 9 heteroatoms. The second kappa shape index (κ2) is 8.17. The van der Waals surface area contributed by atoms with Crippen molar-refractivity contribution in [2.45, 2.75) is 37.6 Å². The number of ether oxygens (including phenoxy) is 2. The number of fused-ring (bicyclic) bond motifs is 1. The van der Waals surface area contributed by atoms with Crippen molar-refractivity contribution in [3.05, 3.63) is 35.9 Å². The smallest absolute Gasteiger partial charge is 0.417 e. The third-order valence-corrected chi connectivity index (χ3v) is 3.76. The van der Waals surface area contributed by atoms with Crippen LogP contribution in [0.1, 0.15) is 20.3 Å². The van der Waals surface area contributed by atoms with E-state index >= 15 is 0 Å². The maximum atomic E-state index is 12.5. The SMILES string of the molecule is C=CCC1N(C(=O)OC(C)Cl)c2ccc(Cl)cc2N1C(=O)OC(C)Cl. The number of nitrogens with zero attached hydrogens (tertiary/aromatic N) is 2. The average molecular weight is 408 g/mol. The Labute approximate surface area is 160 Å². The van der Waals surface area contributed by atoms with E-state index in [1.807, 2.05) is 0 Å². The minimum atomic E-state index is -0.844. The van der Waals surface area contributed by atoms with Crippen molar-refractivity contribution in [1.82, 2.24) is 0 Å². The van der Waals surface area contributed by atoms with E-state index in [0.29, 0.717) is 16.4 Å². The highest BCUT2D eigenvalue weighted by molar-refractivity contribution is 6.31. The zero-order valence-corrected chi connectivity index (χ0v) is 15.9. The number of rotatable bonds is 4. The van der Waals surface area contributed by atoms with E-state index in [1.54, 1.807) is 24.3 Å². The van der Waals surface area contributed by atoms with E-state index in [9.17, 15) is 9.59 Å². The van der Waals surface area contributed by atoms with Crippen LogP contribution < -0.4 is 9.80 Å². The number of alkyl halides is 2. The zero-order chi connectivity index (χ0) is 18.7. The maximum Gasteiger partial charge on any atom is 0.417 e. The number of benzene rings is 1. The molecule has 0 aromatic heterocycles. The highest BCUT2D eigenvalue weighted by atomic mass is 35.5. The molecule has 2 rings (SSSR count). The molecule has 1 aliphatic rings. The largest absolute Gasteiger partial charge is 0.430 e. The predicted molar refractivity (Wildman–Crippen MR) is 98.6 cm³/mol. The highest BCUT2D eigenvalue weighted by Crippen LogP contribution is 2.43. The Morgan fingerprint density at radius 1 is 1.16 bits per heavy atom. The van der Waals surface area contributed by atoms with Crippen molar-refractivity contribution >= 4 is 58.4 Å². The molecule has 2 amide bonds. The van der Waals surface area contributed by atoms with Gasteiger partial charge in [0.15, 0.2) is 11.1 Å². The quantitative estimate of drug-likeness (QED) is 0.501. The fraction of sp³-hybridized carbons (Fsp3) is 0.375. The topological polar surface area (TPSA) is 59.1 Å². The van der Waals surface area contributed by atoms with Crippen molar-refractivity contribution in [2.75, 3.05) is 9.80 Å². The fourth-order valence-electron chi connectivity index (χ4n) is 2.52. The lowest BCUT2D eigenvalue weighted by molar-refractivity contribution is 0.138. The van der Waals surface area contributed by atoms with Gasteiger partial charge in [0.25, 0.3) is 0 Å². The van der Waals surface area contributed by atoms with Gasteiger partial charge in [-0.05, 0) is 32.0 Å². The standard InChI is InChI=1S/C16H17Cl3N2O4/c1-4-5-14-20(15(22)24-9(2)17)12-7-6-11(19)8-13(12)21(14)16(23)25-10(3)18/h4,6-10,14H,1,5H2,2-3H3. The lowest BCUT2D eigenvalue weighted by Crippen LogP contribution is -2.49. The summed E-state index contributed by atoms with van der Waals surface area (Å²) in [5.41, 5.74) is -0.835. The molecule has 1 aliphatic heterocycles.